The minimum atomic E-state index is -3.64. The number of pyridine rings is 1. The van der Waals surface area contributed by atoms with E-state index < -0.39 is 33.1 Å². The first kappa shape index (κ1) is 18.4. The fraction of sp³-hybridized carbons (Fsp3) is 0.316. The van der Waals surface area contributed by atoms with Gasteiger partial charge in [0.25, 0.3) is 11.7 Å². The second-order valence-corrected chi connectivity index (χ2v) is 8.86. The van der Waals surface area contributed by atoms with Gasteiger partial charge in [-0.3, -0.25) is 14.6 Å². The highest BCUT2D eigenvalue weighted by Gasteiger charge is 2.53. The van der Waals surface area contributed by atoms with Crippen LogP contribution in [0.2, 0.25) is 0 Å². The van der Waals surface area contributed by atoms with E-state index in [4.69, 9.17) is 9.47 Å². The molecule has 0 bridgehead atoms. The lowest BCUT2D eigenvalue weighted by Gasteiger charge is -2.26. The number of para-hydroxylation sites is 1. The van der Waals surface area contributed by atoms with Crippen molar-refractivity contribution in [1.29, 1.82) is 0 Å². The SMILES string of the molecule is CC(=O)OC1=C(N2CCCS2(=O)=O)OC(C)(c2cnc3ccccc3c2)C1=O. The molecule has 0 N–H and O–H groups in total. The number of nitrogens with zero attached hydrogens (tertiary/aromatic N) is 2. The first-order valence-electron chi connectivity index (χ1n) is 8.74. The van der Waals surface area contributed by atoms with Crippen molar-refractivity contribution in [3.63, 3.8) is 0 Å². The second-order valence-electron chi connectivity index (χ2n) is 6.85. The minimum absolute atomic E-state index is 0.0599. The molecule has 1 unspecified atom stereocenters. The molecule has 0 spiro atoms. The summed E-state index contributed by atoms with van der Waals surface area (Å²) in [5, 5.41) is 0.800. The van der Waals surface area contributed by atoms with Crippen LogP contribution in [0.5, 0.6) is 0 Å². The van der Waals surface area contributed by atoms with Gasteiger partial charge < -0.3 is 9.47 Å². The van der Waals surface area contributed by atoms with Crippen molar-refractivity contribution in [2.45, 2.75) is 25.9 Å². The number of sulfonamides is 1. The Morgan fingerprint density at radius 1 is 1.32 bits per heavy atom. The minimum Gasteiger partial charge on any atom is -0.456 e. The summed E-state index contributed by atoms with van der Waals surface area (Å²) in [7, 11) is -3.64. The highest BCUT2D eigenvalue weighted by molar-refractivity contribution is 7.89. The van der Waals surface area contributed by atoms with Gasteiger partial charge in [-0.25, -0.2) is 12.7 Å². The zero-order valence-corrected chi connectivity index (χ0v) is 16.2. The van der Waals surface area contributed by atoms with E-state index in [1.807, 2.05) is 24.3 Å². The number of hydrogen-bond donors (Lipinski definition) is 0. The average Bonchev–Trinajstić information content (AvgIpc) is 3.12. The Morgan fingerprint density at radius 2 is 2.07 bits per heavy atom. The van der Waals surface area contributed by atoms with Crippen molar-refractivity contribution in [2.75, 3.05) is 12.3 Å². The molecule has 0 aliphatic carbocycles. The third-order valence-corrected chi connectivity index (χ3v) is 6.67. The molecule has 146 valence electrons. The molecule has 0 saturated carbocycles. The van der Waals surface area contributed by atoms with Crippen LogP contribution in [0.15, 0.2) is 48.2 Å². The summed E-state index contributed by atoms with van der Waals surface area (Å²) in [6.45, 7) is 2.81. The molecule has 1 fully saturated rings. The Kier molecular flexibility index (Phi) is 4.15. The Balaban J connectivity index is 1.81. The maximum absolute atomic E-state index is 13.2. The molecule has 8 nitrogen and oxygen atoms in total. The lowest BCUT2D eigenvalue weighted by molar-refractivity contribution is -0.142. The molecule has 1 atom stereocenters. The monoisotopic (exact) mass is 402 g/mol. The van der Waals surface area contributed by atoms with Gasteiger partial charge in [0.1, 0.15) is 0 Å². The number of rotatable bonds is 3. The van der Waals surface area contributed by atoms with Crippen LogP contribution in [0.1, 0.15) is 25.8 Å². The van der Waals surface area contributed by atoms with Gasteiger partial charge in [0, 0.05) is 30.6 Å². The van der Waals surface area contributed by atoms with E-state index in [2.05, 4.69) is 4.98 Å². The Hall–Kier alpha value is -2.94. The van der Waals surface area contributed by atoms with Crippen molar-refractivity contribution in [1.82, 2.24) is 9.29 Å². The van der Waals surface area contributed by atoms with E-state index in [0.717, 1.165) is 22.1 Å². The van der Waals surface area contributed by atoms with E-state index in [1.165, 1.54) is 13.1 Å². The number of carbonyl (C=O) groups excluding carboxylic acids is 2. The average molecular weight is 402 g/mol. The number of carbonyl (C=O) groups is 2. The van der Waals surface area contributed by atoms with Crippen LogP contribution < -0.4 is 0 Å². The quantitative estimate of drug-likeness (QED) is 0.722. The van der Waals surface area contributed by atoms with Gasteiger partial charge in [-0.2, -0.15) is 0 Å². The van der Waals surface area contributed by atoms with Crippen LogP contribution in [0.3, 0.4) is 0 Å². The molecule has 1 aromatic heterocycles. The van der Waals surface area contributed by atoms with Crippen molar-refractivity contribution >= 4 is 32.7 Å². The Bertz CT molecular complexity index is 1140. The molecular formula is C19H18N2O6S. The van der Waals surface area contributed by atoms with E-state index in [0.29, 0.717) is 12.0 Å². The fourth-order valence-corrected chi connectivity index (χ4v) is 4.88. The Labute approximate surface area is 161 Å². The molecule has 0 amide bonds. The number of esters is 1. The predicted octanol–water partition coefficient (Wildman–Crippen LogP) is 1.82. The zero-order valence-electron chi connectivity index (χ0n) is 15.3. The highest BCUT2D eigenvalue weighted by Crippen LogP contribution is 2.42. The number of ether oxygens (including phenoxy) is 2. The van der Waals surface area contributed by atoms with Crippen LogP contribution in [0.25, 0.3) is 10.9 Å². The first-order chi connectivity index (χ1) is 13.2. The topological polar surface area (TPSA) is 103 Å². The summed E-state index contributed by atoms with van der Waals surface area (Å²) in [6.07, 6.45) is 1.90. The molecule has 2 aliphatic rings. The maximum Gasteiger partial charge on any atom is 0.308 e. The van der Waals surface area contributed by atoms with Crippen LogP contribution in [-0.2, 0) is 34.7 Å². The van der Waals surface area contributed by atoms with E-state index in [-0.39, 0.29) is 18.2 Å². The largest absolute Gasteiger partial charge is 0.456 e. The number of fused-ring (bicyclic) bond motifs is 1. The van der Waals surface area contributed by atoms with Crippen molar-refractivity contribution < 1.29 is 27.5 Å². The summed E-state index contributed by atoms with van der Waals surface area (Å²) in [5.74, 6) is -2.06. The number of benzene rings is 1. The van der Waals surface area contributed by atoms with Crippen LogP contribution in [-0.4, -0.2) is 41.8 Å². The summed E-state index contributed by atoms with van der Waals surface area (Å²) in [5.41, 5.74) is -0.377. The van der Waals surface area contributed by atoms with Crippen LogP contribution in [0, 0.1) is 0 Å². The number of ketones is 1. The summed E-state index contributed by atoms with van der Waals surface area (Å²) in [6, 6.07) is 9.14. The smallest absolute Gasteiger partial charge is 0.308 e. The van der Waals surface area contributed by atoms with E-state index in [1.54, 1.807) is 6.07 Å². The lowest BCUT2D eigenvalue weighted by Crippen LogP contribution is -2.33. The molecule has 4 rings (SSSR count). The third kappa shape index (κ3) is 2.82. The van der Waals surface area contributed by atoms with E-state index >= 15 is 0 Å². The molecule has 0 radical (unpaired) electrons. The maximum atomic E-state index is 13.2. The van der Waals surface area contributed by atoms with Crippen molar-refractivity contribution in [3.8, 4) is 0 Å². The van der Waals surface area contributed by atoms with Gasteiger partial charge in [-0.15, -0.1) is 0 Å². The third-order valence-electron chi connectivity index (χ3n) is 4.85. The molecule has 2 aliphatic heterocycles. The van der Waals surface area contributed by atoms with Gasteiger partial charge in [0.2, 0.25) is 21.4 Å². The fourth-order valence-electron chi connectivity index (χ4n) is 3.39. The van der Waals surface area contributed by atoms with Gasteiger partial charge in [-0.05, 0) is 25.5 Å². The molecule has 1 saturated heterocycles. The number of hydrogen-bond acceptors (Lipinski definition) is 7. The normalized spacial score (nSPS) is 23.9. The molecule has 9 heteroatoms. The summed E-state index contributed by atoms with van der Waals surface area (Å²) in [4.78, 5) is 29.1. The standard InChI is InChI=1S/C19H18N2O6S/c1-12(22)26-16-17(23)19(2,27-18(16)21-8-5-9-28(21,24)25)14-10-13-6-3-4-7-15(13)20-11-14/h3-4,6-7,10-11H,5,8-9H2,1-2H3. The van der Waals surface area contributed by atoms with Crippen molar-refractivity contribution in [2.24, 2.45) is 0 Å². The predicted molar refractivity (Wildman–Crippen MR) is 99.1 cm³/mol. The number of aromatic nitrogens is 1. The summed E-state index contributed by atoms with van der Waals surface area (Å²) < 4.78 is 36.7. The first-order valence-corrected chi connectivity index (χ1v) is 10.4. The van der Waals surface area contributed by atoms with Gasteiger partial charge >= 0.3 is 5.97 Å². The van der Waals surface area contributed by atoms with Crippen LogP contribution >= 0.6 is 0 Å². The highest BCUT2D eigenvalue weighted by atomic mass is 32.2. The molecule has 2 aromatic rings. The molecule has 1 aromatic carbocycles. The number of Topliss-reactive ketones (excluding diaryl/α,β-unsaturated/α-hetero) is 1. The second kappa shape index (κ2) is 6.30. The van der Waals surface area contributed by atoms with Crippen LogP contribution in [0.4, 0.5) is 0 Å². The Morgan fingerprint density at radius 3 is 2.75 bits per heavy atom. The zero-order chi connectivity index (χ0) is 20.1. The molecular weight excluding hydrogens is 384 g/mol. The van der Waals surface area contributed by atoms with Gasteiger partial charge in [0.05, 0.1) is 11.3 Å². The van der Waals surface area contributed by atoms with Crippen molar-refractivity contribution in [3.05, 3.63) is 53.7 Å². The van der Waals surface area contributed by atoms with E-state index in [9.17, 15) is 18.0 Å². The molecule has 3 heterocycles. The lowest BCUT2D eigenvalue weighted by atomic mass is 9.92. The van der Waals surface area contributed by atoms with Gasteiger partial charge in [0.15, 0.2) is 0 Å². The van der Waals surface area contributed by atoms with Gasteiger partial charge in [-0.1, -0.05) is 18.2 Å². The summed E-state index contributed by atoms with van der Waals surface area (Å²) >= 11 is 0. The molecule has 28 heavy (non-hydrogen) atoms.